The van der Waals surface area contributed by atoms with E-state index < -0.39 is 17.7 Å². The van der Waals surface area contributed by atoms with Crippen LogP contribution in [0.3, 0.4) is 0 Å². The minimum Gasteiger partial charge on any atom is -0.507 e. The van der Waals surface area contributed by atoms with E-state index in [1.54, 1.807) is 30.3 Å². The van der Waals surface area contributed by atoms with Crippen LogP contribution in [0, 0.1) is 20.8 Å². The zero-order valence-electron chi connectivity index (χ0n) is 19.9. The summed E-state index contributed by atoms with van der Waals surface area (Å²) in [6.45, 7) is 5.71. The quantitative estimate of drug-likeness (QED) is 0.322. The molecule has 1 aliphatic rings. The van der Waals surface area contributed by atoms with Crippen molar-refractivity contribution in [3.8, 4) is 11.5 Å². The number of anilines is 1. The number of benzene rings is 3. The van der Waals surface area contributed by atoms with Gasteiger partial charge in [-0.1, -0.05) is 42.0 Å². The monoisotopic (exact) mass is 457 g/mol. The van der Waals surface area contributed by atoms with Crippen molar-refractivity contribution in [2.75, 3.05) is 19.1 Å². The zero-order chi connectivity index (χ0) is 24.6. The van der Waals surface area contributed by atoms with E-state index >= 15 is 0 Å². The van der Waals surface area contributed by atoms with E-state index in [9.17, 15) is 14.7 Å². The Hall–Kier alpha value is -4.06. The number of ether oxygens (including phenoxy) is 2. The van der Waals surface area contributed by atoms with Gasteiger partial charge in [0.15, 0.2) is 0 Å². The highest BCUT2D eigenvalue weighted by Gasteiger charge is 2.47. The molecule has 1 fully saturated rings. The minimum absolute atomic E-state index is 0.0155. The molecule has 1 aliphatic heterocycles. The number of ketones is 1. The summed E-state index contributed by atoms with van der Waals surface area (Å²) >= 11 is 0. The van der Waals surface area contributed by atoms with Crippen molar-refractivity contribution < 1.29 is 24.2 Å². The van der Waals surface area contributed by atoms with Crippen LogP contribution in [-0.4, -0.2) is 31.0 Å². The van der Waals surface area contributed by atoms with E-state index in [0.717, 1.165) is 16.7 Å². The van der Waals surface area contributed by atoms with Gasteiger partial charge in [-0.2, -0.15) is 0 Å². The number of carbonyl (C=O) groups excluding carboxylic acids is 2. The van der Waals surface area contributed by atoms with Crippen LogP contribution in [-0.2, 0) is 9.59 Å². The van der Waals surface area contributed by atoms with Gasteiger partial charge in [0, 0.05) is 11.8 Å². The van der Waals surface area contributed by atoms with E-state index in [1.807, 2.05) is 51.1 Å². The average molecular weight is 458 g/mol. The fourth-order valence-electron chi connectivity index (χ4n) is 4.56. The van der Waals surface area contributed by atoms with Crippen LogP contribution in [0.1, 0.15) is 33.9 Å². The number of methoxy groups -OCH3 is 2. The Kier molecular flexibility index (Phi) is 6.16. The van der Waals surface area contributed by atoms with E-state index in [4.69, 9.17) is 9.47 Å². The van der Waals surface area contributed by atoms with E-state index in [0.29, 0.717) is 28.3 Å². The number of hydrogen-bond donors (Lipinski definition) is 1. The number of rotatable bonds is 5. The molecule has 0 radical (unpaired) electrons. The van der Waals surface area contributed by atoms with E-state index in [-0.39, 0.29) is 11.3 Å². The molecule has 0 aliphatic carbocycles. The summed E-state index contributed by atoms with van der Waals surface area (Å²) in [6, 6.07) is 17.4. The molecule has 0 bridgehead atoms. The highest BCUT2D eigenvalue weighted by Crippen LogP contribution is 2.44. The summed E-state index contributed by atoms with van der Waals surface area (Å²) in [6.07, 6.45) is 0. The number of Topliss-reactive ketones (excluding diaryl/α,β-unsaturated/α-hetero) is 1. The molecule has 6 heteroatoms. The van der Waals surface area contributed by atoms with Gasteiger partial charge >= 0.3 is 0 Å². The predicted molar refractivity (Wildman–Crippen MR) is 131 cm³/mol. The summed E-state index contributed by atoms with van der Waals surface area (Å²) in [4.78, 5) is 28.2. The van der Waals surface area contributed by atoms with Crippen LogP contribution in [0.15, 0.2) is 66.2 Å². The van der Waals surface area contributed by atoms with Gasteiger partial charge in [-0.25, -0.2) is 0 Å². The van der Waals surface area contributed by atoms with Crippen molar-refractivity contribution in [1.82, 2.24) is 0 Å². The normalized spacial score (nSPS) is 17.2. The van der Waals surface area contributed by atoms with Gasteiger partial charge in [-0.3, -0.25) is 14.5 Å². The summed E-state index contributed by atoms with van der Waals surface area (Å²) in [5.41, 5.74) is 4.29. The third-order valence-corrected chi connectivity index (χ3v) is 6.01. The molecular formula is C28H27NO5. The molecule has 3 aromatic rings. The summed E-state index contributed by atoms with van der Waals surface area (Å²) in [7, 11) is 3.05. The van der Waals surface area contributed by atoms with Gasteiger partial charge in [-0.05, 0) is 55.7 Å². The van der Waals surface area contributed by atoms with Crippen molar-refractivity contribution >= 4 is 23.1 Å². The van der Waals surface area contributed by atoms with Gasteiger partial charge in [0.1, 0.15) is 17.3 Å². The second-order valence-electron chi connectivity index (χ2n) is 8.45. The van der Waals surface area contributed by atoms with Gasteiger partial charge in [-0.15, -0.1) is 0 Å². The molecule has 6 nitrogen and oxygen atoms in total. The molecule has 1 heterocycles. The molecule has 1 N–H and O–H groups in total. The standard InChI is InChI=1S/C28H27NO5/c1-16-8-6-9-19(13-16)24-23(25(30)22-14-17(2)12-18(3)27(22)34-5)26(31)28(32)29(24)20-10-7-11-21(15-20)33-4/h6-15,24,30H,1-5H3/b25-23+. The second kappa shape index (κ2) is 9.06. The first-order valence-electron chi connectivity index (χ1n) is 10.9. The highest BCUT2D eigenvalue weighted by atomic mass is 16.5. The second-order valence-corrected chi connectivity index (χ2v) is 8.45. The van der Waals surface area contributed by atoms with Crippen LogP contribution in [0.2, 0.25) is 0 Å². The SMILES string of the molecule is COc1cccc(N2C(=O)C(=O)/C(=C(/O)c3cc(C)cc(C)c3OC)C2c2cccc(C)c2)c1. The smallest absolute Gasteiger partial charge is 0.300 e. The first-order valence-corrected chi connectivity index (χ1v) is 10.9. The number of aryl methyl sites for hydroxylation is 3. The lowest BCUT2D eigenvalue weighted by molar-refractivity contribution is -0.132. The Balaban J connectivity index is 2.02. The molecular weight excluding hydrogens is 430 g/mol. The minimum atomic E-state index is -0.822. The number of aliphatic hydroxyl groups excluding tert-OH is 1. The number of amides is 1. The molecule has 1 unspecified atom stereocenters. The molecule has 0 aromatic heterocycles. The number of carbonyl (C=O) groups is 2. The van der Waals surface area contributed by atoms with Crippen molar-refractivity contribution in [2.45, 2.75) is 26.8 Å². The summed E-state index contributed by atoms with van der Waals surface area (Å²) in [5.74, 6) is -0.728. The van der Waals surface area contributed by atoms with E-state index in [2.05, 4.69) is 0 Å². The predicted octanol–water partition coefficient (Wildman–Crippen LogP) is 5.26. The first-order chi connectivity index (χ1) is 16.3. The molecule has 4 rings (SSSR count). The van der Waals surface area contributed by atoms with Gasteiger partial charge < -0.3 is 14.6 Å². The Morgan fingerprint density at radius 1 is 0.882 bits per heavy atom. The molecule has 174 valence electrons. The largest absolute Gasteiger partial charge is 0.507 e. The molecule has 1 saturated heterocycles. The molecule has 0 saturated carbocycles. The fraction of sp³-hybridized carbons (Fsp3) is 0.214. The summed E-state index contributed by atoms with van der Waals surface area (Å²) in [5, 5.41) is 11.5. The molecule has 3 aromatic carbocycles. The zero-order valence-corrected chi connectivity index (χ0v) is 19.9. The Bertz CT molecular complexity index is 1320. The molecule has 0 spiro atoms. The fourth-order valence-corrected chi connectivity index (χ4v) is 4.56. The number of nitrogens with zero attached hydrogens (tertiary/aromatic N) is 1. The lowest BCUT2D eigenvalue weighted by Crippen LogP contribution is -2.29. The Morgan fingerprint density at radius 3 is 2.29 bits per heavy atom. The number of hydrogen-bond acceptors (Lipinski definition) is 5. The molecule has 1 atom stereocenters. The van der Waals surface area contributed by atoms with Gasteiger partial charge in [0.05, 0.1) is 31.4 Å². The topological polar surface area (TPSA) is 76.1 Å². The third-order valence-electron chi connectivity index (χ3n) is 6.01. The van der Waals surface area contributed by atoms with Gasteiger partial charge in [0.25, 0.3) is 11.7 Å². The van der Waals surface area contributed by atoms with Gasteiger partial charge in [0.2, 0.25) is 0 Å². The summed E-state index contributed by atoms with van der Waals surface area (Å²) < 4.78 is 10.9. The lowest BCUT2D eigenvalue weighted by Gasteiger charge is -2.26. The maximum atomic E-state index is 13.4. The van der Waals surface area contributed by atoms with Crippen LogP contribution >= 0.6 is 0 Å². The van der Waals surface area contributed by atoms with Crippen LogP contribution in [0.4, 0.5) is 5.69 Å². The average Bonchev–Trinajstić information content (AvgIpc) is 3.08. The van der Waals surface area contributed by atoms with Crippen molar-refractivity contribution in [1.29, 1.82) is 0 Å². The van der Waals surface area contributed by atoms with Crippen molar-refractivity contribution in [2.24, 2.45) is 0 Å². The molecule has 34 heavy (non-hydrogen) atoms. The third kappa shape index (κ3) is 3.92. The van der Waals surface area contributed by atoms with Crippen molar-refractivity contribution in [3.63, 3.8) is 0 Å². The van der Waals surface area contributed by atoms with E-state index in [1.165, 1.54) is 19.1 Å². The Labute approximate surface area is 199 Å². The van der Waals surface area contributed by atoms with Crippen molar-refractivity contribution in [3.05, 3.63) is 94.1 Å². The molecule has 1 amide bonds. The number of aliphatic hydroxyl groups is 1. The van der Waals surface area contributed by atoms with Crippen LogP contribution in [0.25, 0.3) is 5.76 Å². The maximum absolute atomic E-state index is 13.4. The highest BCUT2D eigenvalue weighted by molar-refractivity contribution is 6.51. The van der Waals surface area contributed by atoms with Crippen LogP contribution < -0.4 is 14.4 Å². The first kappa shape index (κ1) is 23.1. The maximum Gasteiger partial charge on any atom is 0.300 e. The van der Waals surface area contributed by atoms with Crippen LogP contribution in [0.5, 0.6) is 11.5 Å². The lowest BCUT2D eigenvalue weighted by atomic mass is 9.93. The Morgan fingerprint density at radius 2 is 1.62 bits per heavy atom.